The molecule has 0 aliphatic carbocycles. The molecule has 0 aromatic heterocycles. The number of nitro benzene ring substituents is 1. The van der Waals surface area contributed by atoms with Gasteiger partial charge in [-0.25, -0.2) is 0 Å². The van der Waals surface area contributed by atoms with Crippen molar-refractivity contribution in [2.24, 2.45) is 5.73 Å². The van der Waals surface area contributed by atoms with Gasteiger partial charge in [0.25, 0.3) is 5.69 Å². The topological polar surface area (TPSA) is 144 Å². The Morgan fingerprint density at radius 1 is 1.37 bits per heavy atom. The third-order valence-electron chi connectivity index (χ3n) is 2.54. The number of hydrogen-bond donors (Lipinski definition) is 3. The van der Waals surface area contributed by atoms with Gasteiger partial charge in [0.1, 0.15) is 6.10 Å². The van der Waals surface area contributed by atoms with Gasteiger partial charge in [-0.2, -0.15) is 0 Å². The van der Waals surface area contributed by atoms with Gasteiger partial charge < -0.3 is 15.9 Å². The summed E-state index contributed by atoms with van der Waals surface area (Å²) in [5.74, 6) is -1.60. The molecule has 0 bridgehead atoms. The summed E-state index contributed by atoms with van der Waals surface area (Å²) in [6, 6.07) is 3.32. The Kier molecular flexibility index (Phi) is 4.30. The highest BCUT2D eigenvalue weighted by atomic mass is 16.6. The van der Waals surface area contributed by atoms with Crippen molar-refractivity contribution in [1.29, 1.82) is 0 Å². The molecule has 4 N–H and O–H groups in total. The minimum Gasteiger partial charge on any atom is -0.385 e. The van der Waals surface area contributed by atoms with Crippen LogP contribution in [0.1, 0.15) is 28.9 Å². The average molecular weight is 268 g/mol. The third kappa shape index (κ3) is 3.12. The molecule has 1 aromatic carbocycles. The number of hydrogen-bond acceptors (Lipinski definition) is 6. The fourth-order valence-electron chi connectivity index (χ4n) is 1.50. The molecular weight excluding hydrogens is 256 g/mol. The van der Waals surface area contributed by atoms with E-state index in [0.717, 1.165) is 12.1 Å². The molecular formula is C11H12N2O6. The zero-order valence-corrected chi connectivity index (χ0v) is 9.94. The summed E-state index contributed by atoms with van der Waals surface area (Å²) in [4.78, 5) is 32.0. The van der Waals surface area contributed by atoms with E-state index in [9.17, 15) is 29.9 Å². The highest BCUT2D eigenvalue weighted by molar-refractivity contribution is 5.94. The maximum atomic E-state index is 11.1. The summed E-state index contributed by atoms with van der Waals surface area (Å²) in [6.45, 7) is 1.23. The number of nitrogens with two attached hydrogens (primary N) is 1. The van der Waals surface area contributed by atoms with Crippen LogP contribution in [0.3, 0.4) is 0 Å². The van der Waals surface area contributed by atoms with E-state index in [-0.39, 0.29) is 16.9 Å². The van der Waals surface area contributed by atoms with Gasteiger partial charge in [0, 0.05) is 11.6 Å². The molecule has 19 heavy (non-hydrogen) atoms. The maximum absolute atomic E-state index is 11.1. The molecule has 0 aliphatic rings. The second-order valence-electron chi connectivity index (χ2n) is 3.88. The van der Waals surface area contributed by atoms with Crippen LogP contribution < -0.4 is 5.73 Å². The van der Waals surface area contributed by atoms with Crippen molar-refractivity contribution in [3.05, 3.63) is 39.4 Å². The first-order chi connectivity index (χ1) is 8.75. The lowest BCUT2D eigenvalue weighted by atomic mass is 9.99. The Morgan fingerprint density at radius 2 is 1.95 bits per heavy atom. The molecule has 8 heteroatoms. The summed E-state index contributed by atoms with van der Waals surface area (Å²) in [6.07, 6.45) is -3.80. The average Bonchev–Trinajstić information content (AvgIpc) is 2.35. The van der Waals surface area contributed by atoms with E-state index < -0.39 is 28.7 Å². The van der Waals surface area contributed by atoms with Gasteiger partial charge in [0.2, 0.25) is 5.91 Å². The number of aliphatic hydroxyl groups excluding tert-OH is 2. The molecule has 2 atom stereocenters. The molecule has 1 amide bonds. The van der Waals surface area contributed by atoms with Crippen LogP contribution in [-0.2, 0) is 4.79 Å². The standard InChI is InChI=1S/C11H12N2O6/c1-5(14)6-2-3-7(8(4-6)13(18)19)9(15)10(16)11(12)17/h2-4,9-10,15-16H,1H3,(H2,12,17). The Hall–Kier alpha value is -2.32. The predicted molar refractivity (Wildman–Crippen MR) is 63.3 cm³/mol. The highest BCUT2D eigenvalue weighted by Crippen LogP contribution is 2.28. The van der Waals surface area contributed by atoms with Crippen molar-refractivity contribution in [1.82, 2.24) is 0 Å². The zero-order valence-electron chi connectivity index (χ0n) is 9.94. The molecule has 0 fully saturated rings. The Bertz CT molecular complexity index is 542. The van der Waals surface area contributed by atoms with E-state index in [0.29, 0.717) is 0 Å². The Balaban J connectivity index is 3.31. The SMILES string of the molecule is CC(=O)c1ccc(C(O)C(O)C(N)=O)c([N+](=O)[O-])c1. The normalized spacial score (nSPS) is 13.6. The van der Waals surface area contributed by atoms with E-state index in [4.69, 9.17) is 5.73 Å². The van der Waals surface area contributed by atoms with Crippen molar-refractivity contribution in [3.63, 3.8) is 0 Å². The van der Waals surface area contributed by atoms with Crippen LogP contribution in [0.15, 0.2) is 18.2 Å². The summed E-state index contributed by atoms with van der Waals surface area (Å²) in [5.41, 5.74) is 4.03. The summed E-state index contributed by atoms with van der Waals surface area (Å²) in [5, 5.41) is 29.9. The number of carbonyl (C=O) groups is 2. The number of primary amides is 1. The molecule has 102 valence electrons. The highest BCUT2D eigenvalue weighted by Gasteiger charge is 2.30. The fourth-order valence-corrected chi connectivity index (χ4v) is 1.50. The molecule has 1 rings (SSSR count). The fraction of sp³-hybridized carbons (Fsp3) is 0.273. The van der Waals surface area contributed by atoms with Crippen LogP contribution in [0.4, 0.5) is 5.69 Å². The quantitative estimate of drug-likeness (QED) is 0.379. The molecule has 1 aromatic rings. The molecule has 2 unspecified atom stereocenters. The first kappa shape index (κ1) is 14.7. The second-order valence-corrected chi connectivity index (χ2v) is 3.88. The molecule has 8 nitrogen and oxygen atoms in total. The van der Waals surface area contributed by atoms with Gasteiger partial charge in [-0.05, 0) is 13.0 Å². The molecule has 0 saturated carbocycles. The van der Waals surface area contributed by atoms with Gasteiger partial charge in [-0.15, -0.1) is 0 Å². The summed E-state index contributed by atoms with van der Waals surface area (Å²) in [7, 11) is 0. The third-order valence-corrected chi connectivity index (χ3v) is 2.54. The first-order valence-corrected chi connectivity index (χ1v) is 5.20. The second kappa shape index (κ2) is 5.55. The number of aliphatic hydroxyl groups is 2. The van der Waals surface area contributed by atoms with Crippen LogP contribution in [0, 0.1) is 10.1 Å². The van der Waals surface area contributed by atoms with E-state index in [1.54, 1.807) is 0 Å². The minimum atomic E-state index is -1.97. The summed E-state index contributed by atoms with van der Waals surface area (Å²) >= 11 is 0. The van der Waals surface area contributed by atoms with E-state index >= 15 is 0 Å². The van der Waals surface area contributed by atoms with Crippen LogP contribution >= 0.6 is 0 Å². The van der Waals surface area contributed by atoms with Crippen molar-refractivity contribution >= 4 is 17.4 Å². The number of rotatable bonds is 5. The molecule has 0 spiro atoms. The van der Waals surface area contributed by atoms with Crippen molar-refractivity contribution in [2.75, 3.05) is 0 Å². The largest absolute Gasteiger partial charge is 0.385 e. The van der Waals surface area contributed by atoms with Crippen LogP contribution in [0.25, 0.3) is 0 Å². The maximum Gasteiger partial charge on any atom is 0.276 e. The Labute approximate surface area is 107 Å². The van der Waals surface area contributed by atoms with Gasteiger partial charge in [0.15, 0.2) is 11.9 Å². The van der Waals surface area contributed by atoms with Crippen LogP contribution in [0.5, 0.6) is 0 Å². The molecule has 0 aliphatic heterocycles. The van der Waals surface area contributed by atoms with E-state index in [1.165, 1.54) is 13.0 Å². The molecule has 0 radical (unpaired) electrons. The monoisotopic (exact) mass is 268 g/mol. The van der Waals surface area contributed by atoms with Gasteiger partial charge in [-0.1, -0.05) is 6.07 Å². The molecule has 0 saturated heterocycles. The predicted octanol–water partition coefficient (Wildman–Crippen LogP) is -0.323. The number of benzene rings is 1. The van der Waals surface area contributed by atoms with Crippen molar-refractivity contribution < 1.29 is 24.7 Å². The minimum absolute atomic E-state index is 0.0798. The smallest absolute Gasteiger partial charge is 0.276 e. The number of nitro groups is 1. The number of nitrogens with zero attached hydrogens (tertiary/aromatic N) is 1. The zero-order chi connectivity index (χ0) is 14.7. The first-order valence-electron chi connectivity index (χ1n) is 5.20. The van der Waals surface area contributed by atoms with E-state index in [2.05, 4.69) is 0 Å². The Morgan fingerprint density at radius 3 is 2.37 bits per heavy atom. The van der Waals surface area contributed by atoms with E-state index in [1.807, 2.05) is 0 Å². The van der Waals surface area contributed by atoms with Crippen LogP contribution in [-0.4, -0.2) is 32.9 Å². The lowest BCUT2D eigenvalue weighted by Gasteiger charge is -2.15. The summed E-state index contributed by atoms with van der Waals surface area (Å²) < 4.78 is 0. The number of carbonyl (C=O) groups excluding carboxylic acids is 2. The van der Waals surface area contributed by atoms with Crippen LogP contribution in [0.2, 0.25) is 0 Å². The lowest BCUT2D eigenvalue weighted by molar-refractivity contribution is -0.386. The number of Topliss-reactive ketones (excluding diaryl/α,β-unsaturated/α-hetero) is 1. The number of amides is 1. The van der Waals surface area contributed by atoms with Gasteiger partial charge >= 0.3 is 0 Å². The molecule has 0 heterocycles. The van der Waals surface area contributed by atoms with Gasteiger partial charge in [-0.3, -0.25) is 19.7 Å². The van der Waals surface area contributed by atoms with Crippen molar-refractivity contribution in [3.8, 4) is 0 Å². The van der Waals surface area contributed by atoms with Crippen molar-refractivity contribution in [2.45, 2.75) is 19.1 Å². The lowest BCUT2D eigenvalue weighted by Crippen LogP contribution is -2.34. The number of ketones is 1. The van der Waals surface area contributed by atoms with Gasteiger partial charge in [0.05, 0.1) is 10.5 Å².